The number of hydrogen-bond acceptors (Lipinski definition) is 3. The maximum atomic E-state index is 6.37. The average molecular weight is 312 g/mol. The first kappa shape index (κ1) is 16.8. The monoisotopic (exact) mass is 311 g/mol. The van der Waals surface area contributed by atoms with E-state index < -0.39 is 0 Å². The molecule has 0 aromatic heterocycles. The second-order valence-corrected chi connectivity index (χ2v) is 6.66. The van der Waals surface area contributed by atoms with Crippen LogP contribution in [0.15, 0.2) is 18.2 Å². The zero-order chi connectivity index (χ0) is 15.5. The van der Waals surface area contributed by atoms with Crippen LogP contribution in [0.25, 0.3) is 0 Å². The lowest BCUT2D eigenvalue weighted by molar-refractivity contribution is -0.181. The molecular weight excluding hydrogens is 286 g/mol. The van der Waals surface area contributed by atoms with Gasteiger partial charge in [-0.05, 0) is 31.9 Å². The first-order chi connectivity index (χ1) is 9.96. The summed E-state index contributed by atoms with van der Waals surface area (Å²) >= 11 is 6.37. The van der Waals surface area contributed by atoms with E-state index in [1.807, 2.05) is 12.1 Å². The first-order valence-corrected chi connectivity index (χ1v) is 8.03. The Kier molecular flexibility index (Phi) is 5.67. The topological polar surface area (TPSA) is 30.5 Å². The molecule has 1 saturated heterocycles. The van der Waals surface area contributed by atoms with Crippen molar-refractivity contribution in [3.63, 3.8) is 0 Å². The van der Waals surface area contributed by atoms with Gasteiger partial charge in [0, 0.05) is 37.2 Å². The number of halogens is 1. The van der Waals surface area contributed by atoms with Crippen molar-refractivity contribution in [2.75, 3.05) is 20.2 Å². The van der Waals surface area contributed by atoms with Crippen LogP contribution in [0.4, 0.5) is 0 Å². The fourth-order valence-electron chi connectivity index (χ4n) is 3.03. The second-order valence-electron chi connectivity index (χ2n) is 6.25. The maximum Gasteiger partial charge on any atom is 0.0962 e. The lowest BCUT2D eigenvalue weighted by Gasteiger charge is -2.43. The summed E-state index contributed by atoms with van der Waals surface area (Å²) in [4.78, 5) is 0. The van der Waals surface area contributed by atoms with E-state index >= 15 is 0 Å². The minimum atomic E-state index is -0.0262. The summed E-state index contributed by atoms with van der Waals surface area (Å²) in [5.74, 6) is 0. The molecule has 4 heteroatoms. The second kappa shape index (κ2) is 7.10. The van der Waals surface area contributed by atoms with Crippen LogP contribution in [-0.2, 0) is 15.9 Å². The molecule has 2 atom stereocenters. The van der Waals surface area contributed by atoms with Crippen molar-refractivity contribution in [3.05, 3.63) is 34.3 Å². The molecule has 1 aliphatic rings. The van der Waals surface area contributed by atoms with Crippen LogP contribution in [0, 0.1) is 0 Å². The van der Waals surface area contributed by atoms with Gasteiger partial charge in [0.05, 0.1) is 17.8 Å². The van der Waals surface area contributed by atoms with Crippen LogP contribution in [0.2, 0.25) is 5.02 Å². The summed E-state index contributed by atoms with van der Waals surface area (Å²) in [5.41, 5.74) is 2.40. The minimum absolute atomic E-state index is 0.0262. The van der Waals surface area contributed by atoms with Crippen molar-refractivity contribution in [2.24, 2.45) is 0 Å². The Morgan fingerprint density at radius 3 is 2.76 bits per heavy atom. The highest BCUT2D eigenvalue weighted by Crippen LogP contribution is 2.32. The number of benzene rings is 1. The van der Waals surface area contributed by atoms with E-state index in [1.165, 1.54) is 5.56 Å². The van der Waals surface area contributed by atoms with Gasteiger partial charge in [-0.1, -0.05) is 30.7 Å². The normalized spacial score (nSPS) is 21.9. The summed E-state index contributed by atoms with van der Waals surface area (Å²) in [7, 11) is 1.73. The minimum Gasteiger partial charge on any atom is -0.375 e. The molecule has 0 amide bonds. The van der Waals surface area contributed by atoms with Crippen molar-refractivity contribution in [1.82, 2.24) is 5.32 Å². The zero-order valence-corrected chi connectivity index (χ0v) is 14.2. The highest BCUT2D eigenvalue weighted by Gasteiger charge is 2.36. The first-order valence-electron chi connectivity index (χ1n) is 7.65. The van der Waals surface area contributed by atoms with Crippen LogP contribution in [0.3, 0.4) is 0 Å². The third-order valence-corrected chi connectivity index (χ3v) is 4.37. The zero-order valence-electron chi connectivity index (χ0n) is 13.4. The van der Waals surface area contributed by atoms with E-state index in [1.54, 1.807) is 7.11 Å². The van der Waals surface area contributed by atoms with Gasteiger partial charge in [-0.15, -0.1) is 0 Å². The fourth-order valence-corrected chi connectivity index (χ4v) is 3.35. The number of methoxy groups -OCH3 is 1. The van der Waals surface area contributed by atoms with Crippen molar-refractivity contribution < 1.29 is 9.47 Å². The van der Waals surface area contributed by atoms with Crippen LogP contribution in [-0.4, -0.2) is 31.9 Å². The molecule has 3 nitrogen and oxygen atoms in total. The summed E-state index contributed by atoms with van der Waals surface area (Å²) in [6, 6.07) is 6.04. The largest absolute Gasteiger partial charge is 0.375 e. The molecule has 21 heavy (non-hydrogen) atoms. The highest BCUT2D eigenvalue weighted by molar-refractivity contribution is 6.31. The Labute approximate surface area is 133 Å². The molecule has 0 spiro atoms. The van der Waals surface area contributed by atoms with Gasteiger partial charge in [-0.2, -0.15) is 0 Å². The number of aryl methyl sites for hydroxylation is 1. The number of nitrogens with one attached hydrogen (secondary N) is 1. The summed E-state index contributed by atoms with van der Waals surface area (Å²) in [6.45, 7) is 7.99. The molecule has 1 heterocycles. The molecule has 1 aliphatic heterocycles. The van der Waals surface area contributed by atoms with Crippen LogP contribution in [0.5, 0.6) is 0 Å². The molecule has 2 unspecified atom stereocenters. The van der Waals surface area contributed by atoms with Crippen LogP contribution in [0.1, 0.15) is 44.4 Å². The number of rotatable bonds is 7. The van der Waals surface area contributed by atoms with E-state index in [0.717, 1.165) is 36.5 Å². The summed E-state index contributed by atoms with van der Waals surface area (Å²) < 4.78 is 11.4. The lowest BCUT2D eigenvalue weighted by atomic mass is 9.93. The SMILES string of the molecule is CCc1cccc(Cl)c1C(CNCC1CC(C)(C)O1)OC. The molecular formula is C17H26ClNO2. The lowest BCUT2D eigenvalue weighted by Crippen LogP contribution is -2.50. The van der Waals surface area contributed by atoms with Gasteiger partial charge < -0.3 is 14.8 Å². The third-order valence-electron chi connectivity index (χ3n) is 4.04. The third kappa shape index (κ3) is 4.19. The predicted molar refractivity (Wildman–Crippen MR) is 87.0 cm³/mol. The molecule has 2 rings (SSSR count). The molecule has 0 bridgehead atoms. The van der Waals surface area contributed by atoms with Crippen LogP contribution >= 0.6 is 11.6 Å². The number of hydrogen-bond donors (Lipinski definition) is 1. The van der Waals surface area contributed by atoms with Crippen molar-refractivity contribution >= 4 is 11.6 Å². The fraction of sp³-hybridized carbons (Fsp3) is 0.647. The van der Waals surface area contributed by atoms with Gasteiger partial charge in [0.2, 0.25) is 0 Å². The van der Waals surface area contributed by atoms with E-state index in [9.17, 15) is 0 Å². The molecule has 0 radical (unpaired) electrons. The van der Waals surface area contributed by atoms with Gasteiger partial charge in [0.25, 0.3) is 0 Å². The predicted octanol–water partition coefficient (Wildman–Crippen LogP) is 3.75. The van der Waals surface area contributed by atoms with E-state index in [2.05, 4.69) is 32.2 Å². The Hall–Kier alpha value is -0.610. The van der Waals surface area contributed by atoms with E-state index in [-0.39, 0.29) is 11.7 Å². The van der Waals surface area contributed by atoms with Gasteiger partial charge in [-0.3, -0.25) is 0 Å². The smallest absolute Gasteiger partial charge is 0.0962 e. The molecule has 1 aromatic carbocycles. The Bertz CT molecular complexity index is 468. The van der Waals surface area contributed by atoms with Crippen molar-refractivity contribution in [2.45, 2.75) is 51.4 Å². The van der Waals surface area contributed by atoms with E-state index in [0.29, 0.717) is 6.10 Å². The Balaban J connectivity index is 1.91. The number of ether oxygens (including phenoxy) is 2. The molecule has 118 valence electrons. The van der Waals surface area contributed by atoms with Crippen LogP contribution < -0.4 is 5.32 Å². The Morgan fingerprint density at radius 2 is 2.19 bits per heavy atom. The molecule has 0 saturated carbocycles. The average Bonchev–Trinajstić information content (AvgIpc) is 2.42. The van der Waals surface area contributed by atoms with Gasteiger partial charge >= 0.3 is 0 Å². The molecule has 1 N–H and O–H groups in total. The molecule has 0 aliphatic carbocycles. The summed E-state index contributed by atoms with van der Waals surface area (Å²) in [6.07, 6.45) is 2.34. The summed E-state index contributed by atoms with van der Waals surface area (Å²) in [5, 5.41) is 4.23. The van der Waals surface area contributed by atoms with Gasteiger partial charge in [0.1, 0.15) is 0 Å². The van der Waals surface area contributed by atoms with Crippen molar-refractivity contribution in [3.8, 4) is 0 Å². The highest BCUT2D eigenvalue weighted by atomic mass is 35.5. The van der Waals surface area contributed by atoms with Gasteiger partial charge in [-0.25, -0.2) is 0 Å². The quantitative estimate of drug-likeness (QED) is 0.832. The van der Waals surface area contributed by atoms with Gasteiger partial charge in [0.15, 0.2) is 0 Å². The maximum absolute atomic E-state index is 6.37. The van der Waals surface area contributed by atoms with Crippen molar-refractivity contribution in [1.29, 1.82) is 0 Å². The van der Waals surface area contributed by atoms with E-state index in [4.69, 9.17) is 21.1 Å². The molecule has 1 aromatic rings. The Morgan fingerprint density at radius 1 is 1.48 bits per heavy atom. The molecule has 1 fully saturated rings. The standard InChI is InChI=1S/C17H26ClNO2/c1-5-12-7-6-8-14(18)16(12)15(20-4)11-19-10-13-9-17(2,3)21-13/h6-8,13,15,19H,5,9-11H2,1-4H3.